The summed E-state index contributed by atoms with van der Waals surface area (Å²) in [5.41, 5.74) is 0.693. The Morgan fingerprint density at radius 1 is 1.39 bits per heavy atom. The standard InChI is InChI=1S/C14H11BrN4O2S2/c15-8-1-3-9(4-2-8)17-11(20)7-10-12(21)18-14(23-10)19-13-16-5-6-22-13/h1-6,10H,7H2,(H,17,20)(H,16,18,19,21). The molecule has 1 unspecified atom stereocenters. The average Bonchev–Trinajstić information content (AvgIpc) is 3.12. The Balaban J connectivity index is 1.58. The van der Waals surface area contributed by atoms with Crippen molar-refractivity contribution in [3.63, 3.8) is 0 Å². The lowest BCUT2D eigenvalue weighted by Gasteiger charge is -2.07. The normalized spacial score (nSPS) is 18.9. The maximum Gasteiger partial charge on any atom is 0.240 e. The van der Waals surface area contributed by atoms with Crippen LogP contribution in [0.4, 0.5) is 10.8 Å². The first-order valence-electron chi connectivity index (χ1n) is 6.61. The number of thioether (sulfide) groups is 1. The largest absolute Gasteiger partial charge is 0.326 e. The maximum absolute atomic E-state index is 12.1. The molecule has 2 amide bonds. The molecule has 1 aromatic carbocycles. The molecule has 9 heteroatoms. The summed E-state index contributed by atoms with van der Waals surface area (Å²) >= 11 is 5.96. The van der Waals surface area contributed by atoms with Gasteiger partial charge in [0.25, 0.3) is 0 Å². The zero-order chi connectivity index (χ0) is 16.2. The summed E-state index contributed by atoms with van der Waals surface area (Å²) in [6.45, 7) is 0. The fourth-order valence-electron chi connectivity index (χ4n) is 1.86. The summed E-state index contributed by atoms with van der Waals surface area (Å²) in [5.74, 6) is -0.424. The average molecular weight is 411 g/mol. The summed E-state index contributed by atoms with van der Waals surface area (Å²) in [4.78, 5) is 32.3. The van der Waals surface area contributed by atoms with E-state index in [0.717, 1.165) is 4.47 Å². The van der Waals surface area contributed by atoms with Gasteiger partial charge in [0.05, 0.1) is 0 Å². The number of rotatable bonds is 4. The molecule has 1 aromatic heterocycles. The number of nitrogens with one attached hydrogen (secondary N) is 2. The molecule has 2 heterocycles. The first-order chi connectivity index (χ1) is 11.1. The van der Waals surface area contributed by atoms with Gasteiger partial charge in [-0.25, -0.2) is 4.98 Å². The van der Waals surface area contributed by atoms with Crippen LogP contribution in [0.5, 0.6) is 0 Å². The number of amides is 2. The number of halogens is 1. The van der Waals surface area contributed by atoms with E-state index in [1.54, 1.807) is 18.3 Å². The van der Waals surface area contributed by atoms with E-state index in [2.05, 4.69) is 36.5 Å². The summed E-state index contributed by atoms with van der Waals surface area (Å²) in [6.07, 6.45) is 1.73. The number of thiazole rings is 1. The van der Waals surface area contributed by atoms with Gasteiger partial charge in [-0.15, -0.1) is 11.3 Å². The van der Waals surface area contributed by atoms with Crippen molar-refractivity contribution in [1.29, 1.82) is 0 Å². The fraction of sp³-hybridized carbons (Fsp3) is 0.143. The predicted molar refractivity (Wildman–Crippen MR) is 96.1 cm³/mol. The van der Waals surface area contributed by atoms with Crippen molar-refractivity contribution in [3.05, 3.63) is 40.3 Å². The number of nitrogens with zero attached hydrogens (tertiary/aromatic N) is 2. The Hall–Kier alpha value is -1.71. The summed E-state index contributed by atoms with van der Waals surface area (Å²) in [7, 11) is 0. The van der Waals surface area contributed by atoms with Gasteiger partial charge < -0.3 is 10.6 Å². The third-order valence-electron chi connectivity index (χ3n) is 2.89. The predicted octanol–water partition coefficient (Wildman–Crippen LogP) is 3.15. The van der Waals surface area contributed by atoms with Crippen LogP contribution in [0.15, 0.2) is 45.3 Å². The maximum atomic E-state index is 12.1. The van der Waals surface area contributed by atoms with Crippen LogP contribution in [-0.2, 0) is 9.59 Å². The van der Waals surface area contributed by atoms with E-state index in [0.29, 0.717) is 16.0 Å². The number of carbonyl (C=O) groups excluding carboxylic acids is 2. The van der Waals surface area contributed by atoms with Crippen molar-refractivity contribution in [1.82, 2.24) is 10.3 Å². The second-order valence-corrected chi connectivity index (χ2v) is 7.57. The first-order valence-corrected chi connectivity index (χ1v) is 9.16. The van der Waals surface area contributed by atoms with Gasteiger partial charge in [0.2, 0.25) is 16.9 Å². The highest BCUT2D eigenvalue weighted by Gasteiger charge is 2.32. The van der Waals surface area contributed by atoms with Crippen molar-refractivity contribution in [2.24, 2.45) is 4.99 Å². The summed E-state index contributed by atoms with van der Waals surface area (Å²) in [5, 5.41) is 7.83. The zero-order valence-electron chi connectivity index (χ0n) is 11.7. The lowest BCUT2D eigenvalue weighted by atomic mass is 10.2. The molecule has 0 radical (unpaired) electrons. The minimum atomic E-state index is -0.482. The fourth-order valence-corrected chi connectivity index (χ4v) is 3.66. The second-order valence-electron chi connectivity index (χ2n) is 4.59. The third-order valence-corrected chi connectivity index (χ3v) is 5.17. The number of carbonyl (C=O) groups is 2. The molecule has 118 valence electrons. The Bertz CT molecular complexity index is 747. The number of aromatic nitrogens is 1. The highest BCUT2D eigenvalue weighted by Crippen LogP contribution is 2.26. The summed E-state index contributed by atoms with van der Waals surface area (Å²) < 4.78 is 0.935. The lowest BCUT2D eigenvalue weighted by molar-refractivity contribution is -0.122. The van der Waals surface area contributed by atoms with Gasteiger partial charge in [0.1, 0.15) is 5.25 Å². The molecule has 1 atom stereocenters. The van der Waals surface area contributed by atoms with E-state index < -0.39 is 5.25 Å². The number of hydrogen-bond acceptors (Lipinski definition) is 6. The van der Waals surface area contributed by atoms with Crippen LogP contribution in [0.2, 0.25) is 0 Å². The molecular formula is C14H11BrN4O2S2. The molecule has 1 fully saturated rings. The van der Waals surface area contributed by atoms with Gasteiger partial charge in [-0.3, -0.25) is 9.59 Å². The highest BCUT2D eigenvalue weighted by molar-refractivity contribution is 9.10. The van der Waals surface area contributed by atoms with Crippen LogP contribution >= 0.6 is 39.0 Å². The lowest BCUT2D eigenvalue weighted by Crippen LogP contribution is -2.28. The third kappa shape index (κ3) is 4.40. The molecule has 1 aliphatic rings. The van der Waals surface area contributed by atoms with Gasteiger partial charge >= 0.3 is 0 Å². The van der Waals surface area contributed by atoms with Crippen molar-refractivity contribution in [3.8, 4) is 0 Å². The second kappa shape index (κ2) is 7.24. The van der Waals surface area contributed by atoms with Crippen molar-refractivity contribution >= 4 is 66.8 Å². The van der Waals surface area contributed by atoms with Gasteiger partial charge in [0.15, 0.2) is 5.17 Å². The number of benzene rings is 1. The minimum Gasteiger partial charge on any atom is -0.326 e. The van der Waals surface area contributed by atoms with Crippen molar-refractivity contribution in [2.75, 3.05) is 5.32 Å². The molecule has 1 aliphatic heterocycles. The highest BCUT2D eigenvalue weighted by atomic mass is 79.9. The molecule has 0 bridgehead atoms. The Labute approximate surface area is 148 Å². The van der Waals surface area contributed by atoms with Crippen LogP contribution in [0.25, 0.3) is 0 Å². The van der Waals surface area contributed by atoms with Crippen LogP contribution in [0.1, 0.15) is 6.42 Å². The van der Waals surface area contributed by atoms with E-state index in [4.69, 9.17) is 0 Å². The number of anilines is 1. The smallest absolute Gasteiger partial charge is 0.240 e. The molecule has 1 saturated heterocycles. The van der Waals surface area contributed by atoms with Gasteiger partial charge in [-0.1, -0.05) is 27.7 Å². The SMILES string of the molecule is O=C(CC1S/C(=N/c2nccs2)NC1=O)Nc1ccc(Br)cc1. The Morgan fingerprint density at radius 2 is 2.17 bits per heavy atom. The number of aliphatic imine (C=N–C) groups is 1. The van der Waals surface area contributed by atoms with Crippen LogP contribution in [0, 0.1) is 0 Å². The molecular weight excluding hydrogens is 400 g/mol. The monoisotopic (exact) mass is 410 g/mol. The molecule has 0 aliphatic carbocycles. The van der Waals surface area contributed by atoms with Crippen molar-refractivity contribution in [2.45, 2.75) is 11.7 Å². The zero-order valence-corrected chi connectivity index (χ0v) is 14.9. The van der Waals surface area contributed by atoms with Gasteiger partial charge in [-0.05, 0) is 24.3 Å². The number of amidine groups is 1. The van der Waals surface area contributed by atoms with E-state index in [-0.39, 0.29) is 18.2 Å². The van der Waals surface area contributed by atoms with Crippen LogP contribution in [0.3, 0.4) is 0 Å². The molecule has 2 N–H and O–H groups in total. The molecule has 23 heavy (non-hydrogen) atoms. The van der Waals surface area contributed by atoms with E-state index in [9.17, 15) is 9.59 Å². The van der Waals surface area contributed by atoms with Crippen LogP contribution in [-0.4, -0.2) is 27.2 Å². The quantitative estimate of drug-likeness (QED) is 0.810. The van der Waals surface area contributed by atoms with E-state index >= 15 is 0 Å². The molecule has 6 nitrogen and oxygen atoms in total. The topological polar surface area (TPSA) is 83.5 Å². The summed E-state index contributed by atoms with van der Waals surface area (Å²) in [6, 6.07) is 7.26. The first kappa shape index (κ1) is 16.2. The molecule has 2 aromatic rings. The van der Waals surface area contributed by atoms with E-state index in [1.165, 1.54) is 23.1 Å². The molecule has 0 saturated carbocycles. The minimum absolute atomic E-state index is 0.0868. The number of hydrogen-bond donors (Lipinski definition) is 2. The van der Waals surface area contributed by atoms with Crippen LogP contribution < -0.4 is 10.6 Å². The van der Waals surface area contributed by atoms with E-state index in [1.807, 2.05) is 17.5 Å². The van der Waals surface area contributed by atoms with Gasteiger partial charge in [-0.2, -0.15) is 4.99 Å². The molecule has 3 rings (SSSR count). The molecule has 0 spiro atoms. The Kier molecular flexibility index (Phi) is 5.09. The Morgan fingerprint density at radius 3 is 2.87 bits per heavy atom. The van der Waals surface area contributed by atoms with Crippen molar-refractivity contribution < 1.29 is 9.59 Å². The van der Waals surface area contributed by atoms with Gasteiger partial charge in [0, 0.05) is 28.2 Å².